The molecule has 1 aromatic heterocycles. The molecule has 0 amide bonds. The van der Waals surface area contributed by atoms with Crippen LogP contribution in [0.1, 0.15) is 84.1 Å². The molecule has 0 N–H and O–H groups in total. The maximum atomic E-state index is 4.88. The van der Waals surface area contributed by atoms with Gasteiger partial charge in [0.15, 0.2) is 0 Å². The molecule has 0 aromatic carbocycles. The predicted octanol–water partition coefficient (Wildman–Crippen LogP) is 4.54. The Bertz CT molecular complexity index is 638. The van der Waals surface area contributed by atoms with Crippen LogP contribution in [0.25, 0.3) is 0 Å². The summed E-state index contributed by atoms with van der Waals surface area (Å²) < 4.78 is 0. The Balaban J connectivity index is 1.30. The lowest BCUT2D eigenvalue weighted by Gasteiger charge is -2.43. The number of nitrogens with zero attached hydrogens (tertiary/aromatic N) is 5. The first-order chi connectivity index (χ1) is 14.5. The summed E-state index contributed by atoms with van der Waals surface area (Å²) in [6.45, 7) is 15.4. The second kappa shape index (κ2) is 9.95. The summed E-state index contributed by atoms with van der Waals surface area (Å²) in [7, 11) is 0. The summed E-state index contributed by atoms with van der Waals surface area (Å²) in [4.78, 5) is 17.6. The fraction of sp³-hybridized carbons (Fsp3) is 0.840. The van der Waals surface area contributed by atoms with Gasteiger partial charge in [0.2, 0.25) is 5.95 Å². The quantitative estimate of drug-likeness (QED) is 0.625. The Morgan fingerprint density at radius 1 is 0.967 bits per heavy atom. The monoisotopic (exact) mass is 413 g/mol. The molecule has 3 aliphatic rings. The topological polar surface area (TPSA) is 35.5 Å². The van der Waals surface area contributed by atoms with Crippen LogP contribution >= 0.6 is 0 Å². The molecule has 5 heteroatoms. The average molecular weight is 414 g/mol. The number of piperidine rings is 1. The van der Waals surface area contributed by atoms with Gasteiger partial charge in [0.05, 0.1) is 0 Å². The Hall–Kier alpha value is -1.20. The van der Waals surface area contributed by atoms with E-state index in [4.69, 9.17) is 9.97 Å². The summed E-state index contributed by atoms with van der Waals surface area (Å²) in [6, 6.07) is 1.88. The molecular weight excluding hydrogens is 370 g/mol. The lowest BCUT2D eigenvalue weighted by molar-refractivity contribution is 0.162. The highest BCUT2D eigenvalue weighted by Gasteiger charge is 2.42. The normalized spacial score (nSPS) is 27.2. The molecule has 3 aliphatic heterocycles. The summed E-state index contributed by atoms with van der Waals surface area (Å²) in [5, 5.41) is 0. The number of rotatable bonds is 8. The van der Waals surface area contributed by atoms with Crippen molar-refractivity contribution in [1.82, 2.24) is 19.8 Å². The van der Waals surface area contributed by atoms with Gasteiger partial charge in [0, 0.05) is 43.6 Å². The molecule has 2 bridgehead atoms. The summed E-state index contributed by atoms with van der Waals surface area (Å²) in [5.74, 6) is 2.44. The molecule has 4 heterocycles. The van der Waals surface area contributed by atoms with Crippen LogP contribution in [-0.2, 0) is 0 Å². The van der Waals surface area contributed by atoms with Crippen molar-refractivity contribution in [1.29, 1.82) is 0 Å². The molecule has 3 atom stereocenters. The van der Waals surface area contributed by atoms with Crippen LogP contribution in [0.2, 0.25) is 0 Å². The van der Waals surface area contributed by atoms with E-state index >= 15 is 0 Å². The minimum atomic E-state index is 0.595. The minimum Gasteiger partial charge on any atom is -0.332 e. The first-order valence-corrected chi connectivity index (χ1v) is 12.6. The zero-order valence-corrected chi connectivity index (χ0v) is 19.8. The van der Waals surface area contributed by atoms with Crippen molar-refractivity contribution in [2.24, 2.45) is 5.92 Å². The molecule has 0 aliphatic carbocycles. The van der Waals surface area contributed by atoms with Crippen LogP contribution in [0.3, 0.4) is 0 Å². The standard InChI is InChI=1S/C25H43N5/c1-5-20(4)29-17-23-8-9-24(18-29)30(23)25-26-15-22(16-27-25)21-10-13-28(14-11-21)12-6-7-19(2)3/h15-16,19-21,23-24H,5-14,17-18H2,1-4H3. The van der Waals surface area contributed by atoms with Crippen molar-refractivity contribution in [3.05, 3.63) is 18.0 Å². The van der Waals surface area contributed by atoms with Crippen molar-refractivity contribution in [2.45, 2.75) is 96.7 Å². The predicted molar refractivity (Wildman–Crippen MR) is 125 cm³/mol. The molecule has 0 radical (unpaired) electrons. The van der Waals surface area contributed by atoms with Gasteiger partial charge >= 0.3 is 0 Å². The number of fused-ring (bicyclic) bond motifs is 2. The van der Waals surface area contributed by atoms with Crippen molar-refractivity contribution >= 4 is 5.95 Å². The Kier molecular flexibility index (Phi) is 7.30. The van der Waals surface area contributed by atoms with E-state index in [1.807, 2.05) is 0 Å². The highest BCUT2D eigenvalue weighted by molar-refractivity contribution is 5.38. The van der Waals surface area contributed by atoms with E-state index in [-0.39, 0.29) is 0 Å². The van der Waals surface area contributed by atoms with E-state index in [2.05, 4.69) is 54.8 Å². The molecule has 0 saturated carbocycles. The second-order valence-corrected chi connectivity index (χ2v) is 10.5. The molecule has 5 nitrogen and oxygen atoms in total. The zero-order valence-electron chi connectivity index (χ0n) is 19.8. The minimum absolute atomic E-state index is 0.595. The van der Waals surface area contributed by atoms with Crippen LogP contribution in [0.15, 0.2) is 12.4 Å². The molecule has 3 fully saturated rings. The molecule has 3 saturated heterocycles. The van der Waals surface area contributed by atoms with Gasteiger partial charge in [-0.05, 0) is 88.9 Å². The van der Waals surface area contributed by atoms with E-state index < -0.39 is 0 Å². The van der Waals surface area contributed by atoms with E-state index in [1.54, 1.807) is 0 Å². The molecule has 3 unspecified atom stereocenters. The third kappa shape index (κ3) is 4.99. The maximum Gasteiger partial charge on any atom is 0.225 e. The van der Waals surface area contributed by atoms with Crippen molar-refractivity contribution in [3.63, 3.8) is 0 Å². The number of hydrogen-bond donors (Lipinski definition) is 0. The summed E-state index contributed by atoms with van der Waals surface area (Å²) in [5.41, 5.74) is 1.35. The van der Waals surface area contributed by atoms with Gasteiger partial charge in [-0.25, -0.2) is 9.97 Å². The SMILES string of the molecule is CCC(C)N1CC2CCC(C1)N2c1ncc(C2CCN(CCCC(C)C)CC2)cn1. The molecule has 4 rings (SSSR count). The second-order valence-electron chi connectivity index (χ2n) is 10.5. The third-order valence-electron chi connectivity index (χ3n) is 7.93. The first-order valence-electron chi connectivity index (χ1n) is 12.6. The maximum absolute atomic E-state index is 4.88. The Morgan fingerprint density at radius 2 is 1.60 bits per heavy atom. The molecule has 168 valence electrons. The van der Waals surface area contributed by atoms with Crippen molar-refractivity contribution in [3.8, 4) is 0 Å². The summed E-state index contributed by atoms with van der Waals surface area (Å²) in [6.07, 6.45) is 13.3. The van der Waals surface area contributed by atoms with E-state index in [0.717, 1.165) is 11.9 Å². The molecule has 0 spiro atoms. The first kappa shape index (κ1) is 22.0. The lowest BCUT2D eigenvalue weighted by Crippen LogP contribution is -2.56. The highest BCUT2D eigenvalue weighted by atomic mass is 15.4. The fourth-order valence-corrected chi connectivity index (χ4v) is 5.77. The smallest absolute Gasteiger partial charge is 0.225 e. The van der Waals surface area contributed by atoms with Crippen LogP contribution in [-0.4, -0.2) is 70.6 Å². The van der Waals surface area contributed by atoms with Crippen LogP contribution in [0.5, 0.6) is 0 Å². The van der Waals surface area contributed by atoms with E-state index in [1.165, 1.54) is 83.2 Å². The number of aromatic nitrogens is 2. The summed E-state index contributed by atoms with van der Waals surface area (Å²) >= 11 is 0. The van der Waals surface area contributed by atoms with Gasteiger partial charge in [-0.2, -0.15) is 0 Å². The van der Waals surface area contributed by atoms with Crippen molar-refractivity contribution < 1.29 is 0 Å². The number of likely N-dealkylation sites (tertiary alicyclic amines) is 2. The largest absolute Gasteiger partial charge is 0.332 e. The number of hydrogen-bond acceptors (Lipinski definition) is 5. The number of piperazine rings is 1. The van der Waals surface area contributed by atoms with Gasteiger partial charge < -0.3 is 9.80 Å². The van der Waals surface area contributed by atoms with Crippen LogP contribution < -0.4 is 4.90 Å². The molecular formula is C25H43N5. The Morgan fingerprint density at radius 3 is 2.17 bits per heavy atom. The van der Waals surface area contributed by atoms with Gasteiger partial charge in [-0.15, -0.1) is 0 Å². The van der Waals surface area contributed by atoms with Gasteiger partial charge in [0.1, 0.15) is 0 Å². The van der Waals surface area contributed by atoms with E-state index in [9.17, 15) is 0 Å². The number of anilines is 1. The molecule has 30 heavy (non-hydrogen) atoms. The lowest BCUT2D eigenvalue weighted by atomic mass is 9.91. The van der Waals surface area contributed by atoms with Crippen molar-refractivity contribution in [2.75, 3.05) is 37.6 Å². The average Bonchev–Trinajstić information content (AvgIpc) is 3.02. The highest BCUT2D eigenvalue weighted by Crippen LogP contribution is 2.35. The van der Waals surface area contributed by atoms with Gasteiger partial charge in [-0.1, -0.05) is 20.8 Å². The zero-order chi connectivity index (χ0) is 21.1. The third-order valence-corrected chi connectivity index (χ3v) is 7.93. The van der Waals surface area contributed by atoms with Crippen LogP contribution in [0, 0.1) is 5.92 Å². The van der Waals surface area contributed by atoms with Gasteiger partial charge in [0.25, 0.3) is 0 Å². The Labute approximate surface area is 184 Å². The molecule has 1 aromatic rings. The van der Waals surface area contributed by atoms with Gasteiger partial charge in [-0.3, -0.25) is 4.90 Å². The van der Waals surface area contributed by atoms with E-state index in [0.29, 0.717) is 24.0 Å². The van der Waals surface area contributed by atoms with Crippen LogP contribution in [0.4, 0.5) is 5.95 Å². The fourth-order valence-electron chi connectivity index (χ4n) is 5.77.